The van der Waals surface area contributed by atoms with Crippen LogP contribution < -0.4 is 10.6 Å². The maximum absolute atomic E-state index is 12.2. The fraction of sp³-hybridized carbons (Fsp3) is 0.611. The number of likely N-dealkylation sites (tertiary alicyclic amines) is 1. The average molecular weight is 354 g/mol. The van der Waals surface area contributed by atoms with Crippen LogP contribution >= 0.6 is 12.4 Å². The van der Waals surface area contributed by atoms with Crippen LogP contribution in [0.5, 0.6) is 0 Å². The highest BCUT2D eigenvalue weighted by Gasteiger charge is 2.26. The zero-order chi connectivity index (χ0) is 16.1. The molecule has 0 aliphatic carbocycles. The molecule has 2 heterocycles. The number of carbonyl (C=O) groups excluding carboxylic acids is 1. The van der Waals surface area contributed by atoms with Gasteiger partial charge in [-0.1, -0.05) is 12.1 Å². The molecule has 24 heavy (non-hydrogen) atoms. The molecule has 134 valence electrons. The first-order valence-electron chi connectivity index (χ1n) is 8.62. The summed E-state index contributed by atoms with van der Waals surface area (Å²) < 4.78 is 5.02. The summed E-state index contributed by atoms with van der Waals surface area (Å²) in [7, 11) is 1.68. The third-order valence-electron chi connectivity index (χ3n) is 4.79. The molecule has 2 aliphatic heterocycles. The normalized spacial score (nSPS) is 19.5. The fourth-order valence-corrected chi connectivity index (χ4v) is 3.50. The Morgan fingerprint density at radius 1 is 1.46 bits per heavy atom. The zero-order valence-corrected chi connectivity index (χ0v) is 15.2. The SMILES string of the molecule is COCCCC(=O)N1CCC(Nc2cccc3c2CNCC3)C1.Cl. The fourth-order valence-electron chi connectivity index (χ4n) is 3.50. The van der Waals surface area contributed by atoms with Crippen molar-refractivity contribution in [1.82, 2.24) is 10.2 Å². The van der Waals surface area contributed by atoms with E-state index in [1.165, 1.54) is 16.8 Å². The minimum Gasteiger partial charge on any atom is -0.385 e. The van der Waals surface area contributed by atoms with E-state index in [1.807, 2.05) is 4.90 Å². The Bertz CT molecular complexity index is 553. The number of amides is 1. The van der Waals surface area contributed by atoms with Gasteiger partial charge in [-0.25, -0.2) is 0 Å². The average Bonchev–Trinajstić information content (AvgIpc) is 3.04. The first-order valence-corrected chi connectivity index (χ1v) is 8.62. The first-order chi connectivity index (χ1) is 11.3. The van der Waals surface area contributed by atoms with E-state index in [1.54, 1.807) is 7.11 Å². The summed E-state index contributed by atoms with van der Waals surface area (Å²) in [6, 6.07) is 6.88. The lowest BCUT2D eigenvalue weighted by Crippen LogP contribution is -2.32. The van der Waals surface area contributed by atoms with Crippen molar-refractivity contribution in [3.8, 4) is 0 Å². The van der Waals surface area contributed by atoms with E-state index in [0.29, 0.717) is 19.1 Å². The van der Waals surface area contributed by atoms with Crippen LogP contribution in [0.1, 0.15) is 30.4 Å². The second-order valence-electron chi connectivity index (χ2n) is 6.44. The zero-order valence-electron chi connectivity index (χ0n) is 14.3. The number of carbonyl (C=O) groups is 1. The molecule has 1 atom stereocenters. The molecular weight excluding hydrogens is 326 g/mol. The van der Waals surface area contributed by atoms with E-state index >= 15 is 0 Å². The summed E-state index contributed by atoms with van der Waals surface area (Å²) >= 11 is 0. The van der Waals surface area contributed by atoms with Crippen LogP contribution in [0.3, 0.4) is 0 Å². The monoisotopic (exact) mass is 353 g/mol. The second-order valence-corrected chi connectivity index (χ2v) is 6.44. The molecule has 1 saturated heterocycles. The Kier molecular flexibility index (Phi) is 7.34. The molecule has 1 aromatic carbocycles. The second kappa shape index (κ2) is 9.25. The first kappa shape index (κ1) is 19.0. The molecular formula is C18H28ClN3O2. The maximum Gasteiger partial charge on any atom is 0.222 e. The van der Waals surface area contributed by atoms with Crippen LogP contribution in [0.2, 0.25) is 0 Å². The van der Waals surface area contributed by atoms with Gasteiger partial charge in [0.25, 0.3) is 0 Å². The van der Waals surface area contributed by atoms with Crippen molar-refractivity contribution >= 4 is 24.0 Å². The van der Waals surface area contributed by atoms with Crippen LogP contribution in [0, 0.1) is 0 Å². The third kappa shape index (κ3) is 4.62. The van der Waals surface area contributed by atoms with Crippen LogP contribution in [0.25, 0.3) is 0 Å². The van der Waals surface area contributed by atoms with Gasteiger partial charge in [0.15, 0.2) is 0 Å². The lowest BCUT2D eigenvalue weighted by Gasteiger charge is -2.23. The number of fused-ring (bicyclic) bond motifs is 1. The molecule has 6 heteroatoms. The number of methoxy groups -OCH3 is 1. The lowest BCUT2D eigenvalue weighted by atomic mass is 9.99. The van der Waals surface area contributed by atoms with Gasteiger partial charge in [0.2, 0.25) is 5.91 Å². The molecule has 5 nitrogen and oxygen atoms in total. The van der Waals surface area contributed by atoms with Gasteiger partial charge in [-0.3, -0.25) is 4.79 Å². The Labute approximate surface area is 150 Å². The number of rotatable bonds is 6. The minimum absolute atomic E-state index is 0. The van der Waals surface area contributed by atoms with Gasteiger partial charge >= 0.3 is 0 Å². The van der Waals surface area contributed by atoms with Crippen molar-refractivity contribution < 1.29 is 9.53 Å². The largest absolute Gasteiger partial charge is 0.385 e. The predicted molar refractivity (Wildman–Crippen MR) is 98.8 cm³/mol. The molecule has 0 spiro atoms. The summed E-state index contributed by atoms with van der Waals surface area (Å²) in [5.74, 6) is 0.253. The Balaban J connectivity index is 0.00000208. The molecule has 3 rings (SSSR count). The topological polar surface area (TPSA) is 53.6 Å². The quantitative estimate of drug-likeness (QED) is 0.770. The molecule has 0 saturated carbocycles. The molecule has 2 aliphatic rings. The summed E-state index contributed by atoms with van der Waals surface area (Å²) in [5, 5.41) is 7.11. The number of hydrogen-bond acceptors (Lipinski definition) is 4. The van der Waals surface area contributed by atoms with Gasteiger partial charge in [-0.2, -0.15) is 0 Å². The maximum atomic E-state index is 12.2. The van der Waals surface area contributed by atoms with E-state index in [9.17, 15) is 4.79 Å². The van der Waals surface area contributed by atoms with E-state index in [2.05, 4.69) is 28.8 Å². The Morgan fingerprint density at radius 2 is 2.33 bits per heavy atom. The number of benzene rings is 1. The van der Waals surface area contributed by atoms with Gasteiger partial charge < -0.3 is 20.3 Å². The van der Waals surface area contributed by atoms with Crippen molar-refractivity contribution in [2.24, 2.45) is 0 Å². The van der Waals surface area contributed by atoms with Crippen LogP contribution in [-0.2, 0) is 22.5 Å². The van der Waals surface area contributed by atoms with Gasteiger partial charge in [0, 0.05) is 51.5 Å². The van der Waals surface area contributed by atoms with Gasteiger partial charge in [0.1, 0.15) is 0 Å². The van der Waals surface area contributed by atoms with Crippen molar-refractivity contribution in [2.45, 2.75) is 38.3 Å². The third-order valence-corrected chi connectivity index (χ3v) is 4.79. The molecule has 0 aromatic heterocycles. The summed E-state index contributed by atoms with van der Waals surface area (Å²) in [6.45, 7) is 4.32. The summed E-state index contributed by atoms with van der Waals surface area (Å²) in [4.78, 5) is 14.2. The van der Waals surface area contributed by atoms with Gasteiger partial charge in [0.05, 0.1) is 0 Å². The highest BCUT2D eigenvalue weighted by atomic mass is 35.5. The van der Waals surface area contributed by atoms with Crippen LogP contribution in [0.15, 0.2) is 18.2 Å². The summed E-state index contributed by atoms with van der Waals surface area (Å²) in [5.41, 5.74) is 4.07. The summed E-state index contributed by atoms with van der Waals surface area (Å²) in [6.07, 6.45) is 3.51. The predicted octanol–water partition coefficient (Wildman–Crippen LogP) is 2.19. The van der Waals surface area contributed by atoms with E-state index < -0.39 is 0 Å². The molecule has 1 unspecified atom stereocenters. The molecule has 0 radical (unpaired) electrons. The Hall–Kier alpha value is -1.30. The number of hydrogen-bond donors (Lipinski definition) is 2. The molecule has 0 bridgehead atoms. The van der Waals surface area contributed by atoms with Crippen molar-refractivity contribution in [3.05, 3.63) is 29.3 Å². The standard InChI is InChI=1S/C18H27N3O2.ClH/c1-23-11-3-6-18(22)21-10-8-15(13-21)20-17-5-2-4-14-7-9-19-12-16(14)17;/h2,4-5,15,19-20H,3,6-13H2,1H3;1H. The molecule has 1 amide bonds. The van der Waals surface area contributed by atoms with Crippen molar-refractivity contribution in [3.63, 3.8) is 0 Å². The molecule has 2 N–H and O–H groups in total. The number of halogens is 1. The smallest absolute Gasteiger partial charge is 0.222 e. The van der Waals surface area contributed by atoms with E-state index in [-0.39, 0.29) is 18.3 Å². The number of nitrogens with zero attached hydrogens (tertiary/aromatic N) is 1. The number of nitrogens with one attached hydrogen (secondary N) is 2. The highest BCUT2D eigenvalue weighted by Crippen LogP contribution is 2.25. The lowest BCUT2D eigenvalue weighted by molar-refractivity contribution is -0.130. The number of anilines is 1. The molecule has 1 aromatic rings. The van der Waals surface area contributed by atoms with Gasteiger partial charge in [-0.05, 0) is 43.0 Å². The van der Waals surface area contributed by atoms with Crippen LogP contribution in [0.4, 0.5) is 5.69 Å². The van der Waals surface area contributed by atoms with Crippen molar-refractivity contribution in [1.29, 1.82) is 0 Å². The van der Waals surface area contributed by atoms with E-state index in [4.69, 9.17) is 4.74 Å². The van der Waals surface area contributed by atoms with Crippen molar-refractivity contribution in [2.75, 3.05) is 38.7 Å². The number of ether oxygens (including phenoxy) is 1. The minimum atomic E-state index is 0. The van der Waals surface area contributed by atoms with Crippen LogP contribution in [-0.4, -0.2) is 50.2 Å². The Morgan fingerprint density at radius 3 is 3.17 bits per heavy atom. The van der Waals surface area contributed by atoms with E-state index in [0.717, 1.165) is 45.4 Å². The van der Waals surface area contributed by atoms with Gasteiger partial charge in [-0.15, -0.1) is 12.4 Å². The highest BCUT2D eigenvalue weighted by molar-refractivity contribution is 5.85. The molecule has 1 fully saturated rings.